The third-order valence-electron chi connectivity index (χ3n) is 3.61. The number of aromatic nitrogens is 2. The molecular formula is C15H18BrN3. The molecule has 2 heterocycles. The van der Waals surface area contributed by atoms with Crippen LogP contribution in [0.25, 0.3) is 11.0 Å². The summed E-state index contributed by atoms with van der Waals surface area (Å²) in [5.74, 6) is 0.862. The third kappa shape index (κ3) is 2.73. The van der Waals surface area contributed by atoms with Crippen molar-refractivity contribution in [3.63, 3.8) is 0 Å². The summed E-state index contributed by atoms with van der Waals surface area (Å²) in [7, 11) is 0. The molecule has 3 nitrogen and oxygen atoms in total. The van der Waals surface area contributed by atoms with Gasteiger partial charge < -0.3 is 4.90 Å². The molecule has 0 radical (unpaired) electrons. The second-order valence-corrected chi connectivity index (χ2v) is 6.46. The van der Waals surface area contributed by atoms with Gasteiger partial charge in [0, 0.05) is 29.5 Å². The summed E-state index contributed by atoms with van der Waals surface area (Å²) in [4.78, 5) is 11.4. The van der Waals surface area contributed by atoms with Crippen LogP contribution in [0.4, 0.5) is 5.69 Å². The molecule has 3 rings (SSSR count). The van der Waals surface area contributed by atoms with Gasteiger partial charge in [0.15, 0.2) is 0 Å². The molecule has 1 aliphatic carbocycles. The highest BCUT2D eigenvalue weighted by Crippen LogP contribution is 2.34. The van der Waals surface area contributed by atoms with Crippen molar-refractivity contribution in [3.8, 4) is 0 Å². The molecule has 1 aliphatic rings. The molecule has 2 aromatic heterocycles. The molecule has 0 aliphatic heterocycles. The van der Waals surface area contributed by atoms with Gasteiger partial charge in [0.25, 0.3) is 0 Å². The molecule has 2 aromatic rings. The molecule has 0 amide bonds. The summed E-state index contributed by atoms with van der Waals surface area (Å²) < 4.78 is 0.975. The van der Waals surface area contributed by atoms with Crippen LogP contribution in [0.1, 0.15) is 26.7 Å². The number of halogens is 1. The van der Waals surface area contributed by atoms with Crippen LogP contribution in [0.3, 0.4) is 0 Å². The molecule has 0 N–H and O–H groups in total. The minimum Gasteiger partial charge on any atom is -0.367 e. The quantitative estimate of drug-likeness (QED) is 0.852. The van der Waals surface area contributed by atoms with Gasteiger partial charge in [0.2, 0.25) is 0 Å². The fourth-order valence-electron chi connectivity index (χ4n) is 2.39. The first-order valence-electron chi connectivity index (χ1n) is 6.82. The zero-order chi connectivity index (χ0) is 13.4. The van der Waals surface area contributed by atoms with Gasteiger partial charge in [-0.3, -0.25) is 9.97 Å². The summed E-state index contributed by atoms with van der Waals surface area (Å²) in [5, 5.41) is 0. The lowest BCUT2D eigenvalue weighted by molar-refractivity contribution is 0.646. The van der Waals surface area contributed by atoms with E-state index in [4.69, 9.17) is 0 Å². The van der Waals surface area contributed by atoms with Gasteiger partial charge in [-0.05, 0) is 60.7 Å². The first-order chi connectivity index (χ1) is 9.15. The number of hydrogen-bond donors (Lipinski definition) is 0. The van der Waals surface area contributed by atoms with Gasteiger partial charge in [-0.15, -0.1) is 0 Å². The number of rotatable bonds is 4. The Morgan fingerprint density at radius 1 is 1.37 bits per heavy atom. The Morgan fingerprint density at radius 3 is 2.84 bits per heavy atom. The third-order valence-corrected chi connectivity index (χ3v) is 4.04. The average Bonchev–Trinajstić information content (AvgIpc) is 3.18. The van der Waals surface area contributed by atoms with E-state index in [2.05, 4.69) is 50.7 Å². The van der Waals surface area contributed by atoms with E-state index in [1.807, 2.05) is 18.5 Å². The summed E-state index contributed by atoms with van der Waals surface area (Å²) in [6.07, 6.45) is 6.47. The van der Waals surface area contributed by atoms with Crippen LogP contribution in [0.5, 0.6) is 0 Å². The Morgan fingerprint density at radius 2 is 2.16 bits per heavy atom. The predicted molar refractivity (Wildman–Crippen MR) is 82.4 cm³/mol. The number of fused-ring (bicyclic) bond motifs is 1. The highest BCUT2D eigenvalue weighted by molar-refractivity contribution is 9.10. The molecular weight excluding hydrogens is 302 g/mol. The molecule has 0 bridgehead atoms. The van der Waals surface area contributed by atoms with Crippen molar-refractivity contribution in [1.82, 2.24) is 9.97 Å². The molecule has 1 saturated carbocycles. The van der Waals surface area contributed by atoms with Gasteiger partial charge in [-0.25, -0.2) is 0 Å². The van der Waals surface area contributed by atoms with Crippen LogP contribution in [0.2, 0.25) is 0 Å². The van der Waals surface area contributed by atoms with E-state index in [0.717, 1.165) is 28.0 Å². The van der Waals surface area contributed by atoms with E-state index in [1.165, 1.54) is 18.5 Å². The van der Waals surface area contributed by atoms with Crippen LogP contribution < -0.4 is 4.90 Å². The monoisotopic (exact) mass is 319 g/mol. The number of nitrogens with zero attached hydrogens (tertiary/aromatic N) is 3. The Balaban J connectivity index is 2.06. The van der Waals surface area contributed by atoms with Crippen molar-refractivity contribution in [2.75, 3.05) is 11.4 Å². The van der Waals surface area contributed by atoms with Crippen LogP contribution in [-0.4, -0.2) is 22.6 Å². The Labute approximate surface area is 122 Å². The fourth-order valence-corrected chi connectivity index (χ4v) is 2.71. The fraction of sp³-hybridized carbons (Fsp3) is 0.467. The zero-order valence-electron chi connectivity index (χ0n) is 11.3. The Bertz CT molecular complexity index is 593. The van der Waals surface area contributed by atoms with Gasteiger partial charge in [-0.2, -0.15) is 0 Å². The van der Waals surface area contributed by atoms with Gasteiger partial charge >= 0.3 is 0 Å². The maximum atomic E-state index is 4.56. The molecule has 0 spiro atoms. The van der Waals surface area contributed by atoms with Crippen molar-refractivity contribution < 1.29 is 0 Å². The summed E-state index contributed by atoms with van der Waals surface area (Å²) in [5.41, 5.74) is 3.16. The Hall–Kier alpha value is -1.16. The van der Waals surface area contributed by atoms with Crippen LogP contribution in [0.15, 0.2) is 29.0 Å². The highest BCUT2D eigenvalue weighted by Gasteiger charge is 2.26. The lowest BCUT2D eigenvalue weighted by Gasteiger charge is -2.29. The van der Waals surface area contributed by atoms with Crippen LogP contribution in [-0.2, 0) is 0 Å². The summed E-state index contributed by atoms with van der Waals surface area (Å²) in [6, 6.07) is 4.60. The van der Waals surface area contributed by atoms with E-state index >= 15 is 0 Å². The van der Waals surface area contributed by atoms with Gasteiger partial charge in [0.05, 0.1) is 11.2 Å². The molecule has 1 fully saturated rings. The van der Waals surface area contributed by atoms with Crippen molar-refractivity contribution in [3.05, 3.63) is 29.0 Å². The standard InChI is InChI=1S/C15H18BrN3/c1-10(2)19(9-11-3-4-11)14-5-6-17-13-7-12(16)8-18-15(13)14/h5-8,10-11H,3-4,9H2,1-2H3. The second-order valence-electron chi connectivity index (χ2n) is 5.54. The van der Waals surface area contributed by atoms with Gasteiger partial charge in [-0.1, -0.05) is 0 Å². The normalized spacial score (nSPS) is 15.2. The van der Waals surface area contributed by atoms with Crippen molar-refractivity contribution in [2.45, 2.75) is 32.7 Å². The SMILES string of the molecule is CC(C)N(CC1CC1)c1ccnc2cc(Br)cnc12. The second kappa shape index (κ2) is 5.08. The topological polar surface area (TPSA) is 29.0 Å². The first-order valence-corrected chi connectivity index (χ1v) is 7.61. The lowest BCUT2D eigenvalue weighted by Crippen LogP contribution is -2.33. The first kappa shape index (κ1) is 12.9. The molecule has 4 heteroatoms. The molecule has 100 valence electrons. The van der Waals surface area contributed by atoms with E-state index in [0.29, 0.717) is 6.04 Å². The lowest BCUT2D eigenvalue weighted by atomic mass is 10.2. The maximum Gasteiger partial charge on any atom is 0.112 e. The van der Waals surface area contributed by atoms with Crippen molar-refractivity contribution >= 4 is 32.7 Å². The Kier molecular flexibility index (Phi) is 3.44. The smallest absolute Gasteiger partial charge is 0.112 e. The molecule has 0 aromatic carbocycles. The molecule has 19 heavy (non-hydrogen) atoms. The van der Waals surface area contributed by atoms with E-state index in [1.54, 1.807) is 0 Å². The molecule has 0 atom stereocenters. The summed E-state index contributed by atoms with van der Waals surface area (Å²) in [6.45, 7) is 5.62. The average molecular weight is 320 g/mol. The summed E-state index contributed by atoms with van der Waals surface area (Å²) >= 11 is 3.46. The molecule has 0 unspecified atom stereocenters. The van der Waals surface area contributed by atoms with E-state index < -0.39 is 0 Å². The molecule has 0 saturated heterocycles. The largest absolute Gasteiger partial charge is 0.367 e. The van der Waals surface area contributed by atoms with E-state index in [9.17, 15) is 0 Å². The minimum atomic E-state index is 0.483. The van der Waals surface area contributed by atoms with Crippen molar-refractivity contribution in [2.24, 2.45) is 5.92 Å². The van der Waals surface area contributed by atoms with E-state index in [-0.39, 0.29) is 0 Å². The van der Waals surface area contributed by atoms with Crippen molar-refractivity contribution in [1.29, 1.82) is 0 Å². The van der Waals surface area contributed by atoms with Crippen LogP contribution in [0, 0.1) is 5.92 Å². The predicted octanol–water partition coefficient (Wildman–Crippen LogP) is 4.02. The number of anilines is 1. The highest BCUT2D eigenvalue weighted by atomic mass is 79.9. The number of hydrogen-bond acceptors (Lipinski definition) is 3. The van der Waals surface area contributed by atoms with Gasteiger partial charge in [0.1, 0.15) is 5.52 Å². The number of pyridine rings is 2. The zero-order valence-corrected chi connectivity index (χ0v) is 12.9. The minimum absolute atomic E-state index is 0.483. The maximum absolute atomic E-state index is 4.56. The van der Waals surface area contributed by atoms with Crippen LogP contribution >= 0.6 is 15.9 Å².